The number of hydrogen-bond acceptors (Lipinski definition) is 4. The molecule has 0 radical (unpaired) electrons. The molecular formula is C8H10ClN3S. The normalized spacial score (nSPS) is 17.5. The second kappa shape index (κ2) is 4.15. The van der Waals surface area contributed by atoms with E-state index < -0.39 is 0 Å². The molecule has 1 aliphatic heterocycles. The number of rotatable bonds is 1. The predicted molar refractivity (Wildman–Crippen MR) is 56.6 cm³/mol. The van der Waals surface area contributed by atoms with E-state index in [1.807, 2.05) is 11.8 Å². The van der Waals surface area contributed by atoms with Gasteiger partial charge in [-0.3, -0.25) is 0 Å². The molecule has 1 aliphatic rings. The Kier molecular flexibility index (Phi) is 2.90. The molecule has 2 heterocycles. The lowest BCUT2D eigenvalue weighted by Crippen LogP contribution is -2.33. The summed E-state index contributed by atoms with van der Waals surface area (Å²) < 4.78 is 0. The van der Waals surface area contributed by atoms with Crippen molar-refractivity contribution < 1.29 is 0 Å². The molecule has 1 saturated heterocycles. The molecule has 0 saturated carbocycles. The van der Waals surface area contributed by atoms with Crippen molar-refractivity contribution in [2.75, 3.05) is 29.5 Å². The number of anilines is 1. The summed E-state index contributed by atoms with van der Waals surface area (Å²) in [5.41, 5.74) is 0. The second-order valence-corrected chi connectivity index (χ2v) is 4.39. The average molecular weight is 216 g/mol. The molecule has 1 fully saturated rings. The van der Waals surface area contributed by atoms with Crippen LogP contribution in [0.15, 0.2) is 12.3 Å². The van der Waals surface area contributed by atoms with E-state index in [1.165, 1.54) is 0 Å². The summed E-state index contributed by atoms with van der Waals surface area (Å²) in [5, 5.41) is 0.517. The van der Waals surface area contributed by atoms with Gasteiger partial charge in [0.25, 0.3) is 0 Å². The Morgan fingerprint density at radius 3 is 2.85 bits per heavy atom. The topological polar surface area (TPSA) is 29.0 Å². The first-order chi connectivity index (χ1) is 6.36. The third-order valence-electron chi connectivity index (χ3n) is 1.90. The van der Waals surface area contributed by atoms with E-state index in [0.29, 0.717) is 5.15 Å². The Morgan fingerprint density at radius 1 is 1.38 bits per heavy atom. The molecule has 0 aromatic carbocycles. The van der Waals surface area contributed by atoms with Crippen LogP contribution in [0.1, 0.15) is 0 Å². The number of thioether (sulfide) groups is 1. The van der Waals surface area contributed by atoms with Crippen LogP contribution in [0.25, 0.3) is 0 Å². The quantitative estimate of drug-likeness (QED) is 0.667. The number of halogens is 1. The van der Waals surface area contributed by atoms with Crippen molar-refractivity contribution in [3.05, 3.63) is 17.4 Å². The Labute approximate surface area is 86.5 Å². The molecule has 1 aromatic heterocycles. The molecule has 0 bridgehead atoms. The van der Waals surface area contributed by atoms with E-state index in [1.54, 1.807) is 12.3 Å². The lowest BCUT2D eigenvalue weighted by atomic mass is 10.5. The molecule has 0 spiro atoms. The molecule has 0 N–H and O–H groups in total. The summed E-state index contributed by atoms with van der Waals surface area (Å²) in [6.45, 7) is 2.04. The average Bonchev–Trinajstić information content (AvgIpc) is 2.19. The summed E-state index contributed by atoms with van der Waals surface area (Å²) in [7, 11) is 0. The van der Waals surface area contributed by atoms with Crippen molar-refractivity contribution in [2.24, 2.45) is 0 Å². The lowest BCUT2D eigenvalue weighted by Gasteiger charge is -2.26. The third kappa shape index (κ3) is 2.25. The van der Waals surface area contributed by atoms with Crippen LogP contribution in [-0.4, -0.2) is 34.6 Å². The van der Waals surface area contributed by atoms with Crippen LogP contribution in [-0.2, 0) is 0 Å². The summed E-state index contributed by atoms with van der Waals surface area (Å²) in [6.07, 6.45) is 1.70. The molecule has 70 valence electrons. The van der Waals surface area contributed by atoms with Crippen LogP contribution in [0.5, 0.6) is 0 Å². The molecule has 5 heteroatoms. The highest BCUT2D eigenvalue weighted by atomic mass is 35.5. The molecule has 3 nitrogen and oxygen atoms in total. The first-order valence-electron chi connectivity index (χ1n) is 4.17. The minimum Gasteiger partial charge on any atom is -0.339 e. The van der Waals surface area contributed by atoms with Crippen LogP contribution in [0.4, 0.5) is 5.95 Å². The maximum Gasteiger partial charge on any atom is 0.226 e. The minimum atomic E-state index is 0.517. The van der Waals surface area contributed by atoms with Gasteiger partial charge in [0.2, 0.25) is 5.95 Å². The van der Waals surface area contributed by atoms with Crippen molar-refractivity contribution in [1.82, 2.24) is 9.97 Å². The maximum atomic E-state index is 5.78. The zero-order valence-corrected chi connectivity index (χ0v) is 8.68. The molecule has 13 heavy (non-hydrogen) atoms. The highest BCUT2D eigenvalue weighted by molar-refractivity contribution is 7.99. The molecule has 0 atom stereocenters. The fourth-order valence-corrected chi connectivity index (χ4v) is 2.28. The Morgan fingerprint density at radius 2 is 2.15 bits per heavy atom. The van der Waals surface area contributed by atoms with Gasteiger partial charge in [0.1, 0.15) is 5.15 Å². The molecule has 0 unspecified atom stereocenters. The van der Waals surface area contributed by atoms with Crippen LogP contribution < -0.4 is 4.90 Å². The summed E-state index contributed by atoms with van der Waals surface area (Å²) in [5.74, 6) is 3.05. The van der Waals surface area contributed by atoms with Crippen LogP contribution in [0, 0.1) is 0 Å². The fraction of sp³-hybridized carbons (Fsp3) is 0.500. The van der Waals surface area contributed by atoms with Crippen molar-refractivity contribution in [2.45, 2.75) is 0 Å². The first kappa shape index (κ1) is 9.09. The summed E-state index contributed by atoms with van der Waals surface area (Å²) in [4.78, 5) is 10.5. The minimum absolute atomic E-state index is 0.517. The van der Waals surface area contributed by atoms with Gasteiger partial charge in [0.05, 0.1) is 0 Å². The zero-order valence-electron chi connectivity index (χ0n) is 7.11. The maximum absolute atomic E-state index is 5.78. The zero-order chi connectivity index (χ0) is 9.10. The predicted octanol–water partition coefficient (Wildman–Crippen LogP) is 1.68. The van der Waals surface area contributed by atoms with Crippen molar-refractivity contribution >= 4 is 29.3 Å². The largest absolute Gasteiger partial charge is 0.339 e. The van der Waals surface area contributed by atoms with E-state index in [4.69, 9.17) is 11.6 Å². The highest BCUT2D eigenvalue weighted by Crippen LogP contribution is 2.16. The first-order valence-corrected chi connectivity index (χ1v) is 5.71. The number of hydrogen-bond donors (Lipinski definition) is 0. The second-order valence-electron chi connectivity index (χ2n) is 2.78. The van der Waals surface area contributed by atoms with Crippen LogP contribution >= 0.6 is 23.4 Å². The van der Waals surface area contributed by atoms with Gasteiger partial charge in [-0.25, -0.2) is 9.97 Å². The monoisotopic (exact) mass is 215 g/mol. The van der Waals surface area contributed by atoms with E-state index in [2.05, 4.69) is 14.9 Å². The number of nitrogens with zero attached hydrogens (tertiary/aromatic N) is 3. The van der Waals surface area contributed by atoms with Gasteiger partial charge < -0.3 is 4.90 Å². The van der Waals surface area contributed by atoms with E-state index in [-0.39, 0.29) is 0 Å². The Hall–Kier alpha value is -0.480. The van der Waals surface area contributed by atoms with E-state index >= 15 is 0 Å². The van der Waals surface area contributed by atoms with Gasteiger partial charge in [-0.05, 0) is 6.07 Å². The van der Waals surface area contributed by atoms with Crippen molar-refractivity contribution in [3.8, 4) is 0 Å². The molecular weight excluding hydrogens is 206 g/mol. The molecule has 0 aliphatic carbocycles. The van der Waals surface area contributed by atoms with E-state index in [9.17, 15) is 0 Å². The fourth-order valence-electron chi connectivity index (χ4n) is 1.24. The highest BCUT2D eigenvalue weighted by Gasteiger charge is 2.13. The molecule has 2 rings (SSSR count). The Balaban J connectivity index is 2.14. The van der Waals surface area contributed by atoms with E-state index in [0.717, 1.165) is 30.5 Å². The number of aromatic nitrogens is 2. The standard InChI is InChI=1S/C8H10ClN3S/c9-7-1-2-10-8(11-7)12-3-5-13-6-4-12/h1-2H,3-6H2. The van der Waals surface area contributed by atoms with Gasteiger partial charge in [0.15, 0.2) is 0 Å². The smallest absolute Gasteiger partial charge is 0.226 e. The Bertz CT molecular complexity index is 288. The third-order valence-corrected chi connectivity index (χ3v) is 3.06. The SMILES string of the molecule is Clc1ccnc(N2CCSCC2)n1. The van der Waals surface area contributed by atoms with Crippen LogP contribution in [0.2, 0.25) is 5.15 Å². The van der Waals surface area contributed by atoms with Gasteiger partial charge in [-0.2, -0.15) is 11.8 Å². The van der Waals surface area contributed by atoms with Gasteiger partial charge in [0, 0.05) is 30.8 Å². The summed E-state index contributed by atoms with van der Waals surface area (Å²) >= 11 is 7.75. The lowest BCUT2D eigenvalue weighted by molar-refractivity contribution is 0.815. The summed E-state index contributed by atoms with van der Waals surface area (Å²) in [6, 6.07) is 1.70. The van der Waals surface area contributed by atoms with Gasteiger partial charge >= 0.3 is 0 Å². The molecule has 0 amide bonds. The molecule has 1 aromatic rings. The van der Waals surface area contributed by atoms with Crippen LogP contribution in [0.3, 0.4) is 0 Å². The van der Waals surface area contributed by atoms with Gasteiger partial charge in [-0.15, -0.1) is 0 Å². The van der Waals surface area contributed by atoms with Crippen molar-refractivity contribution in [1.29, 1.82) is 0 Å². The van der Waals surface area contributed by atoms with Gasteiger partial charge in [-0.1, -0.05) is 11.6 Å². The van der Waals surface area contributed by atoms with Crippen molar-refractivity contribution in [3.63, 3.8) is 0 Å².